The summed E-state index contributed by atoms with van der Waals surface area (Å²) in [5, 5.41) is 11.0. The smallest absolute Gasteiger partial charge is 0.336 e. The molecule has 1 aromatic heterocycles. The van der Waals surface area contributed by atoms with Gasteiger partial charge in [-0.3, -0.25) is 0 Å². The number of hydrogen-bond donors (Lipinski definition) is 2. The van der Waals surface area contributed by atoms with Crippen LogP contribution in [0.25, 0.3) is 11.0 Å². The Morgan fingerprint density at radius 3 is 2.48 bits per heavy atom. The normalized spacial score (nSPS) is 15.0. The second-order valence-electron chi connectivity index (χ2n) is 7.53. The van der Waals surface area contributed by atoms with Crippen molar-refractivity contribution in [2.24, 2.45) is 0 Å². The number of ether oxygens (including phenoxy) is 1. The van der Waals surface area contributed by atoms with E-state index in [1.165, 1.54) is 10.6 Å². The lowest BCUT2D eigenvalue weighted by molar-refractivity contribution is -0.914. The Labute approximate surface area is 169 Å². The number of piperazine rings is 1. The highest BCUT2D eigenvalue weighted by Crippen LogP contribution is 2.26. The maximum absolute atomic E-state index is 12.0. The van der Waals surface area contributed by atoms with Gasteiger partial charge in [-0.25, -0.2) is 4.79 Å². The minimum Gasteiger partial charge on any atom is -0.508 e. The van der Waals surface area contributed by atoms with Gasteiger partial charge in [-0.1, -0.05) is 6.92 Å². The van der Waals surface area contributed by atoms with Crippen molar-refractivity contribution in [1.29, 1.82) is 0 Å². The fourth-order valence-electron chi connectivity index (χ4n) is 4.06. The van der Waals surface area contributed by atoms with Crippen molar-refractivity contribution < 1.29 is 19.2 Å². The number of fused-ring (bicyclic) bond motifs is 1. The average molecular weight is 395 g/mol. The Kier molecular flexibility index (Phi) is 5.45. The number of phenols is 1. The quantitative estimate of drug-likeness (QED) is 0.647. The lowest BCUT2D eigenvalue weighted by Crippen LogP contribution is -3.13. The molecule has 2 aromatic carbocycles. The summed E-state index contributed by atoms with van der Waals surface area (Å²) in [6.45, 7) is 6.68. The number of anilines is 1. The van der Waals surface area contributed by atoms with Gasteiger partial charge >= 0.3 is 5.63 Å². The van der Waals surface area contributed by atoms with Crippen LogP contribution in [0.2, 0.25) is 0 Å². The zero-order chi connectivity index (χ0) is 20.4. The van der Waals surface area contributed by atoms with Gasteiger partial charge in [-0.05, 0) is 42.3 Å². The Bertz CT molecular complexity index is 1050. The van der Waals surface area contributed by atoms with Crippen molar-refractivity contribution in [2.45, 2.75) is 19.9 Å². The maximum Gasteiger partial charge on any atom is 0.336 e. The molecule has 1 saturated heterocycles. The third-order valence-electron chi connectivity index (χ3n) is 5.76. The molecule has 29 heavy (non-hydrogen) atoms. The highest BCUT2D eigenvalue weighted by atomic mass is 16.5. The van der Waals surface area contributed by atoms with Gasteiger partial charge in [0, 0.05) is 28.8 Å². The molecule has 0 saturated carbocycles. The van der Waals surface area contributed by atoms with E-state index in [4.69, 9.17) is 9.15 Å². The summed E-state index contributed by atoms with van der Waals surface area (Å²) in [6, 6.07) is 13.3. The van der Waals surface area contributed by atoms with Gasteiger partial charge in [0.1, 0.15) is 23.6 Å². The summed E-state index contributed by atoms with van der Waals surface area (Å²) in [4.78, 5) is 15.8. The fourth-order valence-corrected chi connectivity index (χ4v) is 4.06. The van der Waals surface area contributed by atoms with Gasteiger partial charge in [-0.2, -0.15) is 0 Å². The van der Waals surface area contributed by atoms with E-state index in [-0.39, 0.29) is 11.4 Å². The molecule has 0 unspecified atom stereocenters. The molecule has 0 amide bonds. The van der Waals surface area contributed by atoms with Crippen molar-refractivity contribution in [3.63, 3.8) is 0 Å². The summed E-state index contributed by atoms with van der Waals surface area (Å²) >= 11 is 0. The number of rotatable bonds is 5. The molecule has 0 radical (unpaired) electrons. The molecule has 0 atom stereocenters. The van der Waals surface area contributed by atoms with Crippen molar-refractivity contribution in [2.75, 3.05) is 38.2 Å². The number of hydrogen-bond acceptors (Lipinski definition) is 5. The molecule has 1 fully saturated rings. The number of quaternary nitrogens is 1. The number of nitrogens with one attached hydrogen (secondary N) is 1. The Morgan fingerprint density at radius 2 is 1.83 bits per heavy atom. The van der Waals surface area contributed by atoms with Gasteiger partial charge < -0.3 is 24.1 Å². The van der Waals surface area contributed by atoms with Crippen LogP contribution in [0.5, 0.6) is 11.5 Å². The minimum absolute atomic E-state index is 0.181. The molecule has 3 aromatic rings. The lowest BCUT2D eigenvalue weighted by atomic mass is 10.0. The predicted molar refractivity (Wildman–Crippen MR) is 113 cm³/mol. The van der Waals surface area contributed by atoms with Crippen molar-refractivity contribution >= 4 is 16.7 Å². The number of nitrogens with zero attached hydrogens (tertiary/aromatic N) is 1. The van der Waals surface area contributed by atoms with Crippen LogP contribution in [0.1, 0.15) is 18.1 Å². The molecule has 152 valence electrons. The first kappa shape index (κ1) is 19.3. The van der Waals surface area contributed by atoms with Crippen LogP contribution in [0.3, 0.4) is 0 Å². The average Bonchev–Trinajstić information content (AvgIpc) is 2.74. The number of benzene rings is 2. The first-order chi connectivity index (χ1) is 14.1. The summed E-state index contributed by atoms with van der Waals surface area (Å²) in [7, 11) is 1.68. The Balaban J connectivity index is 1.50. The lowest BCUT2D eigenvalue weighted by Gasteiger charge is -2.33. The maximum atomic E-state index is 12.0. The first-order valence-electron chi connectivity index (χ1n) is 10.1. The van der Waals surface area contributed by atoms with Gasteiger partial charge in [0.2, 0.25) is 0 Å². The van der Waals surface area contributed by atoms with Crippen LogP contribution in [-0.2, 0) is 13.0 Å². The van der Waals surface area contributed by atoms with Gasteiger partial charge in [-0.15, -0.1) is 0 Å². The van der Waals surface area contributed by atoms with Crippen LogP contribution < -0.4 is 20.2 Å². The molecule has 4 rings (SSSR count). The topological polar surface area (TPSA) is 67.4 Å². The second-order valence-corrected chi connectivity index (χ2v) is 7.53. The molecule has 2 heterocycles. The molecule has 0 spiro atoms. The van der Waals surface area contributed by atoms with E-state index in [1.807, 2.05) is 25.1 Å². The molecule has 1 aliphatic heterocycles. The third kappa shape index (κ3) is 4.07. The number of aryl methyl sites for hydroxylation is 1. The summed E-state index contributed by atoms with van der Waals surface area (Å²) in [6.07, 6.45) is 0.730. The van der Waals surface area contributed by atoms with Crippen LogP contribution in [-0.4, -0.2) is 38.4 Å². The molecule has 6 nitrogen and oxygen atoms in total. The summed E-state index contributed by atoms with van der Waals surface area (Å²) in [5.41, 5.74) is 3.15. The third-order valence-corrected chi connectivity index (χ3v) is 5.76. The number of methoxy groups -OCH3 is 1. The summed E-state index contributed by atoms with van der Waals surface area (Å²) in [5.74, 6) is 1.05. The van der Waals surface area contributed by atoms with Gasteiger partial charge in [0.05, 0.1) is 33.3 Å². The van der Waals surface area contributed by atoms with Crippen molar-refractivity contribution in [3.8, 4) is 11.5 Å². The molecular formula is C23H27N2O4+. The van der Waals surface area contributed by atoms with Gasteiger partial charge in [0.15, 0.2) is 0 Å². The van der Waals surface area contributed by atoms with Crippen molar-refractivity contribution in [3.05, 3.63) is 64.0 Å². The van der Waals surface area contributed by atoms with E-state index in [9.17, 15) is 9.90 Å². The second kappa shape index (κ2) is 8.17. The highest BCUT2D eigenvalue weighted by molar-refractivity contribution is 5.82. The molecule has 2 N–H and O–H groups in total. The van der Waals surface area contributed by atoms with E-state index < -0.39 is 0 Å². The number of phenolic OH excluding ortho intramolecular Hbond substituents is 1. The van der Waals surface area contributed by atoms with Crippen LogP contribution in [0.4, 0.5) is 5.69 Å². The molecular weight excluding hydrogens is 368 g/mol. The monoisotopic (exact) mass is 395 g/mol. The molecule has 1 aliphatic rings. The zero-order valence-corrected chi connectivity index (χ0v) is 16.9. The van der Waals surface area contributed by atoms with Crippen LogP contribution in [0.15, 0.2) is 51.7 Å². The van der Waals surface area contributed by atoms with Crippen LogP contribution >= 0.6 is 0 Å². The molecule has 0 bridgehead atoms. The van der Waals surface area contributed by atoms with E-state index in [0.717, 1.165) is 61.4 Å². The predicted octanol–water partition coefficient (Wildman–Crippen LogP) is 1.97. The van der Waals surface area contributed by atoms with Gasteiger partial charge in [0.25, 0.3) is 0 Å². The number of aromatic hydroxyl groups is 1. The standard InChI is InChI=1S/C23H26N2O4/c1-3-16-12-20-17(13-23(27)29-22(20)14-21(16)26)15-24-8-10-25(11-9-24)18-4-6-19(28-2)7-5-18/h4-7,12-14,26H,3,8-11,15H2,1-2H3/p+1. The van der Waals surface area contributed by atoms with E-state index in [2.05, 4.69) is 17.0 Å². The molecule has 6 heteroatoms. The van der Waals surface area contributed by atoms with E-state index in [0.29, 0.717) is 5.58 Å². The SMILES string of the molecule is CCc1cc2c(C[NH+]3CCN(c4ccc(OC)cc4)CC3)cc(=O)oc2cc1O. The van der Waals surface area contributed by atoms with E-state index >= 15 is 0 Å². The highest BCUT2D eigenvalue weighted by Gasteiger charge is 2.22. The largest absolute Gasteiger partial charge is 0.508 e. The zero-order valence-electron chi connectivity index (χ0n) is 16.9. The Morgan fingerprint density at radius 1 is 1.10 bits per heavy atom. The Hall–Kier alpha value is -2.99. The summed E-state index contributed by atoms with van der Waals surface area (Å²) < 4.78 is 10.6. The fraction of sp³-hybridized carbons (Fsp3) is 0.348. The molecule has 0 aliphatic carbocycles. The van der Waals surface area contributed by atoms with Crippen LogP contribution in [0, 0.1) is 0 Å². The van der Waals surface area contributed by atoms with Crippen molar-refractivity contribution in [1.82, 2.24) is 0 Å². The van der Waals surface area contributed by atoms with E-state index in [1.54, 1.807) is 19.2 Å². The first-order valence-corrected chi connectivity index (χ1v) is 10.1. The minimum atomic E-state index is -0.368.